The first-order valence-corrected chi connectivity index (χ1v) is 9.47. The van der Waals surface area contributed by atoms with E-state index in [4.69, 9.17) is 0 Å². The van der Waals surface area contributed by atoms with E-state index < -0.39 is 0 Å². The van der Waals surface area contributed by atoms with Crippen LogP contribution in [0.15, 0.2) is 29.4 Å². The molecular formula is C17H22FN5OS. The number of hydrogen-bond acceptors (Lipinski definition) is 5. The summed E-state index contributed by atoms with van der Waals surface area (Å²) in [6.07, 6.45) is 1.87. The Bertz CT molecular complexity index is 715. The SMILES string of the molecule is CCCc1nc(SCC(=O)N2CCN(c3ccccc3F)CC2)n[nH]1. The minimum Gasteiger partial charge on any atom is -0.366 e. The summed E-state index contributed by atoms with van der Waals surface area (Å²) in [6.45, 7) is 4.56. The molecule has 1 aliphatic rings. The molecule has 0 radical (unpaired) electrons. The monoisotopic (exact) mass is 363 g/mol. The molecule has 0 spiro atoms. The Labute approximate surface area is 150 Å². The van der Waals surface area contributed by atoms with E-state index in [0.29, 0.717) is 42.8 Å². The van der Waals surface area contributed by atoms with Gasteiger partial charge in [-0.25, -0.2) is 9.37 Å². The summed E-state index contributed by atoms with van der Waals surface area (Å²) in [6, 6.07) is 6.76. The van der Waals surface area contributed by atoms with Crippen LogP contribution in [-0.2, 0) is 11.2 Å². The topological polar surface area (TPSA) is 65.1 Å². The number of anilines is 1. The Morgan fingerprint density at radius 2 is 2.04 bits per heavy atom. The predicted molar refractivity (Wildman–Crippen MR) is 96.3 cm³/mol. The number of carbonyl (C=O) groups excluding carboxylic acids is 1. The largest absolute Gasteiger partial charge is 0.366 e. The van der Waals surface area contributed by atoms with Crippen LogP contribution < -0.4 is 4.90 Å². The van der Waals surface area contributed by atoms with Gasteiger partial charge in [-0.2, -0.15) is 0 Å². The van der Waals surface area contributed by atoms with Gasteiger partial charge in [-0.05, 0) is 18.6 Å². The average molecular weight is 363 g/mol. The maximum absolute atomic E-state index is 13.9. The number of rotatable bonds is 6. The molecule has 0 aliphatic carbocycles. The summed E-state index contributed by atoms with van der Waals surface area (Å²) in [7, 11) is 0. The lowest BCUT2D eigenvalue weighted by atomic mass is 10.2. The Morgan fingerprint density at radius 1 is 1.28 bits per heavy atom. The summed E-state index contributed by atoms with van der Waals surface area (Å²) in [5.41, 5.74) is 0.605. The van der Waals surface area contributed by atoms with Gasteiger partial charge in [0, 0.05) is 32.6 Å². The maximum Gasteiger partial charge on any atom is 0.233 e. The van der Waals surface area contributed by atoms with E-state index in [-0.39, 0.29) is 11.7 Å². The molecule has 1 aliphatic heterocycles. The third-order valence-corrected chi connectivity index (χ3v) is 4.98. The Hall–Kier alpha value is -2.09. The molecule has 1 N–H and O–H groups in total. The number of aromatic amines is 1. The molecule has 1 aromatic heterocycles. The fourth-order valence-electron chi connectivity index (χ4n) is 2.81. The zero-order chi connectivity index (χ0) is 17.6. The minimum atomic E-state index is -0.217. The van der Waals surface area contributed by atoms with Crippen LogP contribution in [0.2, 0.25) is 0 Å². The number of thioether (sulfide) groups is 1. The van der Waals surface area contributed by atoms with Crippen molar-refractivity contribution in [2.75, 3.05) is 36.8 Å². The second kappa shape index (κ2) is 8.33. The molecule has 1 aromatic carbocycles. The molecule has 2 heterocycles. The number of amides is 1. The number of aromatic nitrogens is 3. The average Bonchev–Trinajstić information content (AvgIpc) is 3.08. The van der Waals surface area contributed by atoms with Gasteiger partial charge in [0.05, 0.1) is 11.4 Å². The Kier molecular flexibility index (Phi) is 5.91. The van der Waals surface area contributed by atoms with Gasteiger partial charge < -0.3 is 9.80 Å². The van der Waals surface area contributed by atoms with Crippen molar-refractivity contribution in [3.05, 3.63) is 35.9 Å². The van der Waals surface area contributed by atoms with E-state index in [1.54, 1.807) is 12.1 Å². The third-order valence-electron chi connectivity index (χ3n) is 4.15. The Balaban J connectivity index is 1.47. The second-order valence-electron chi connectivity index (χ2n) is 5.92. The summed E-state index contributed by atoms with van der Waals surface area (Å²) in [4.78, 5) is 20.5. The number of piperazine rings is 1. The van der Waals surface area contributed by atoms with Gasteiger partial charge in [-0.1, -0.05) is 30.8 Å². The zero-order valence-electron chi connectivity index (χ0n) is 14.2. The quantitative estimate of drug-likeness (QED) is 0.798. The smallest absolute Gasteiger partial charge is 0.233 e. The van der Waals surface area contributed by atoms with Gasteiger partial charge in [-0.3, -0.25) is 9.89 Å². The first kappa shape index (κ1) is 17.7. The number of nitrogens with zero attached hydrogens (tertiary/aromatic N) is 4. The molecular weight excluding hydrogens is 341 g/mol. The molecule has 0 unspecified atom stereocenters. The molecule has 25 heavy (non-hydrogen) atoms. The molecule has 134 valence electrons. The van der Waals surface area contributed by atoms with Gasteiger partial charge >= 0.3 is 0 Å². The van der Waals surface area contributed by atoms with E-state index in [2.05, 4.69) is 22.1 Å². The minimum absolute atomic E-state index is 0.0695. The molecule has 8 heteroatoms. The fraction of sp³-hybridized carbons (Fsp3) is 0.471. The zero-order valence-corrected chi connectivity index (χ0v) is 15.1. The van der Waals surface area contributed by atoms with Crippen molar-refractivity contribution in [3.8, 4) is 0 Å². The fourth-order valence-corrected chi connectivity index (χ4v) is 3.53. The molecule has 0 bridgehead atoms. The number of aryl methyl sites for hydroxylation is 1. The van der Waals surface area contributed by atoms with Crippen molar-refractivity contribution < 1.29 is 9.18 Å². The number of nitrogens with one attached hydrogen (secondary N) is 1. The Morgan fingerprint density at radius 3 is 2.76 bits per heavy atom. The van der Waals surface area contributed by atoms with Crippen molar-refractivity contribution in [1.29, 1.82) is 0 Å². The predicted octanol–water partition coefficient (Wildman–Crippen LogP) is 2.34. The van der Waals surface area contributed by atoms with Gasteiger partial charge in [0.2, 0.25) is 11.1 Å². The van der Waals surface area contributed by atoms with Crippen LogP contribution in [0.3, 0.4) is 0 Å². The molecule has 0 saturated carbocycles. The van der Waals surface area contributed by atoms with E-state index >= 15 is 0 Å². The summed E-state index contributed by atoms with van der Waals surface area (Å²) in [5.74, 6) is 1.03. The van der Waals surface area contributed by atoms with Crippen molar-refractivity contribution in [2.24, 2.45) is 0 Å². The first-order chi connectivity index (χ1) is 12.2. The van der Waals surface area contributed by atoms with Crippen LogP contribution >= 0.6 is 11.8 Å². The molecule has 3 rings (SSSR count). The molecule has 0 atom stereocenters. The van der Waals surface area contributed by atoms with Crippen molar-refractivity contribution in [3.63, 3.8) is 0 Å². The second-order valence-corrected chi connectivity index (χ2v) is 6.87. The summed E-state index contributed by atoms with van der Waals surface area (Å²) >= 11 is 1.35. The van der Waals surface area contributed by atoms with Gasteiger partial charge in [-0.15, -0.1) is 5.10 Å². The highest BCUT2D eigenvalue weighted by molar-refractivity contribution is 7.99. The van der Waals surface area contributed by atoms with Crippen LogP contribution in [0, 0.1) is 5.82 Å². The molecule has 2 aromatic rings. The summed E-state index contributed by atoms with van der Waals surface area (Å²) < 4.78 is 13.9. The normalized spacial score (nSPS) is 14.8. The number of H-pyrrole nitrogens is 1. The van der Waals surface area contributed by atoms with E-state index in [1.165, 1.54) is 17.8 Å². The number of benzene rings is 1. The number of carbonyl (C=O) groups is 1. The number of halogens is 1. The van der Waals surface area contributed by atoms with Gasteiger partial charge in [0.25, 0.3) is 0 Å². The number of para-hydroxylation sites is 1. The third kappa shape index (κ3) is 4.50. The van der Waals surface area contributed by atoms with E-state index in [9.17, 15) is 9.18 Å². The molecule has 1 amide bonds. The molecule has 1 fully saturated rings. The van der Waals surface area contributed by atoms with E-state index in [0.717, 1.165) is 18.7 Å². The lowest BCUT2D eigenvalue weighted by Crippen LogP contribution is -2.49. The van der Waals surface area contributed by atoms with Crippen molar-refractivity contribution >= 4 is 23.4 Å². The van der Waals surface area contributed by atoms with Crippen LogP contribution in [0.25, 0.3) is 0 Å². The van der Waals surface area contributed by atoms with Crippen molar-refractivity contribution in [2.45, 2.75) is 24.9 Å². The van der Waals surface area contributed by atoms with Crippen LogP contribution in [0.1, 0.15) is 19.2 Å². The highest BCUT2D eigenvalue weighted by atomic mass is 32.2. The summed E-state index contributed by atoms with van der Waals surface area (Å²) in [5, 5.41) is 7.62. The van der Waals surface area contributed by atoms with Crippen LogP contribution in [0.4, 0.5) is 10.1 Å². The highest BCUT2D eigenvalue weighted by Gasteiger charge is 2.23. The van der Waals surface area contributed by atoms with Crippen LogP contribution in [-0.4, -0.2) is 57.9 Å². The highest BCUT2D eigenvalue weighted by Crippen LogP contribution is 2.21. The lowest BCUT2D eigenvalue weighted by Gasteiger charge is -2.36. The molecule has 6 nitrogen and oxygen atoms in total. The van der Waals surface area contributed by atoms with Crippen molar-refractivity contribution in [1.82, 2.24) is 20.1 Å². The van der Waals surface area contributed by atoms with E-state index in [1.807, 2.05) is 15.9 Å². The van der Waals surface area contributed by atoms with Crippen LogP contribution in [0.5, 0.6) is 0 Å². The van der Waals surface area contributed by atoms with Gasteiger partial charge in [0.15, 0.2) is 0 Å². The maximum atomic E-state index is 13.9. The standard InChI is InChI=1S/C17H22FN5OS/c1-2-5-15-19-17(21-20-15)25-12-16(24)23-10-8-22(9-11-23)14-7-4-3-6-13(14)18/h3-4,6-7H,2,5,8-12H2,1H3,(H,19,20,21). The molecule has 1 saturated heterocycles. The lowest BCUT2D eigenvalue weighted by molar-refractivity contribution is -0.128. The first-order valence-electron chi connectivity index (χ1n) is 8.48. The number of hydrogen-bond donors (Lipinski definition) is 1. The van der Waals surface area contributed by atoms with Gasteiger partial charge in [0.1, 0.15) is 11.6 Å².